The summed E-state index contributed by atoms with van der Waals surface area (Å²) in [6, 6.07) is 0.303. The van der Waals surface area contributed by atoms with E-state index in [0.29, 0.717) is 24.9 Å². The van der Waals surface area contributed by atoms with Crippen molar-refractivity contribution in [1.82, 2.24) is 14.7 Å². The van der Waals surface area contributed by atoms with Gasteiger partial charge in [-0.15, -0.1) is 0 Å². The van der Waals surface area contributed by atoms with E-state index in [0.717, 1.165) is 17.4 Å². The maximum absolute atomic E-state index is 11.0. The number of amides is 1. The zero-order valence-electron chi connectivity index (χ0n) is 8.90. The lowest BCUT2D eigenvalue weighted by Gasteiger charge is -2.22. The van der Waals surface area contributed by atoms with Crippen LogP contribution in [-0.2, 0) is 4.79 Å². The lowest BCUT2D eigenvalue weighted by atomic mass is 10.1. The Kier molecular flexibility index (Phi) is 2.51. The minimum atomic E-state index is 0.147. The molecule has 0 bridgehead atoms. The van der Waals surface area contributed by atoms with E-state index in [1.807, 2.05) is 0 Å². The van der Waals surface area contributed by atoms with Gasteiger partial charge in [0.25, 0.3) is 0 Å². The van der Waals surface area contributed by atoms with Gasteiger partial charge in [0.1, 0.15) is 5.82 Å². The van der Waals surface area contributed by atoms with Crippen molar-refractivity contribution in [3.05, 3.63) is 5.82 Å². The second-order valence-corrected chi connectivity index (χ2v) is 5.17. The smallest absolute Gasteiger partial charge is 0.220 e. The van der Waals surface area contributed by atoms with Crippen LogP contribution in [-0.4, -0.2) is 27.9 Å². The molecular formula is C10H14N4OS. The second-order valence-electron chi connectivity index (χ2n) is 4.42. The van der Waals surface area contributed by atoms with Gasteiger partial charge in [0.2, 0.25) is 11.0 Å². The van der Waals surface area contributed by atoms with Gasteiger partial charge in [-0.25, -0.2) is 4.98 Å². The van der Waals surface area contributed by atoms with Crippen LogP contribution >= 0.6 is 11.5 Å². The average molecular weight is 238 g/mol. The van der Waals surface area contributed by atoms with E-state index in [4.69, 9.17) is 0 Å². The Balaban J connectivity index is 1.58. The van der Waals surface area contributed by atoms with Crippen molar-refractivity contribution in [2.24, 2.45) is 0 Å². The largest absolute Gasteiger partial charge is 0.356 e. The molecule has 1 unspecified atom stereocenters. The highest BCUT2D eigenvalue weighted by Gasteiger charge is 2.28. The number of anilines is 1. The Morgan fingerprint density at radius 2 is 2.25 bits per heavy atom. The Labute approximate surface area is 97.8 Å². The summed E-state index contributed by atoms with van der Waals surface area (Å²) >= 11 is 1.43. The van der Waals surface area contributed by atoms with Crippen molar-refractivity contribution in [2.75, 3.05) is 11.9 Å². The van der Waals surface area contributed by atoms with Crippen LogP contribution in [0.15, 0.2) is 0 Å². The van der Waals surface area contributed by atoms with Crippen molar-refractivity contribution in [2.45, 2.75) is 37.6 Å². The van der Waals surface area contributed by atoms with Crippen LogP contribution in [0, 0.1) is 0 Å². The van der Waals surface area contributed by atoms with Gasteiger partial charge in [-0.3, -0.25) is 4.79 Å². The van der Waals surface area contributed by atoms with Gasteiger partial charge in [0, 0.05) is 36.5 Å². The summed E-state index contributed by atoms with van der Waals surface area (Å²) in [4.78, 5) is 15.5. The molecule has 1 saturated carbocycles. The summed E-state index contributed by atoms with van der Waals surface area (Å²) < 4.78 is 4.34. The van der Waals surface area contributed by atoms with Gasteiger partial charge in [0.05, 0.1) is 0 Å². The minimum absolute atomic E-state index is 0.147. The van der Waals surface area contributed by atoms with Crippen molar-refractivity contribution in [3.8, 4) is 0 Å². The number of carbonyl (C=O) groups is 1. The molecule has 2 heterocycles. The highest BCUT2D eigenvalue weighted by Crippen LogP contribution is 2.39. The molecule has 2 fully saturated rings. The second kappa shape index (κ2) is 4.01. The first-order chi connectivity index (χ1) is 7.81. The van der Waals surface area contributed by atoms with Crippen molar-refractivity contribution >= 4 is 22.6 Å². The van der Waals surface area contributed by atoms with Gasteiger partial charge >= 0.3 is 0 Å². The molecule has 1 aromatic rings. The topological polar surface area (TPSA) is 66.9 Å². The summed E-state index contributed by atoms with van der Waals surface area (Å²) in [6.45, 7) is 0.692. The molecule has 0 spiro atoms. The van der Waals surface area contributed by atoms with E-state index in [-0.39, 0.29) is 5.91 Å². The Bertz CT molecular complexity index is 391. The molecule has 0 radical (unpaired) electrons. The molecule has 5 nitrogen and oxygen atoms in total. The van der Waals surface area contributed by atoms with E-state index < -0.39 is 0 Å². The summed E-state index contributed by atoms with van der Waals surface area (Å²) in [5.41, 5.74) is 0. The molecule has 1 amide bonds. The number of piperidine rings is 1. The third kappa shape index (κ3) is 2.16. The molecule has 86 valence electrons. The predicted molar refractivity (Wildman–Crippen MR) is 61.5 cm³/mol. The van der Waals surface area contributed by atoms with Crippen LogP contribution in [0.1, 0.15) is 37.4 Å². The third-order valence-electron chi connectivity index (χ3n) is 2.98. The van der Waals surface area contributed by atoms with E-state index in [9.17, 15) is 4.79 Å². The summed E-state index contributed by atoms with van der Waals surface area (Å²) in [7, 11) is 0. The number of hydrogen-bond acceptors (Lipinski definition) is 5. The van der Waals surface area contributed by atoms with E-state index in [1.54, 1.807) is 0 Å². The maximum Gasteiger partial charge on any atom is 0.220 e. The van der Waals surface area contributed by atoms with Gasteiger partial charge in [0.15, 0.2) is 0 Å². The normalized spacial score (nSPS) is 25.2. The molecule has 1 saturated heterocycles. The quantitative estimate of drug-likeness (QED) is 0.827. The van der Waals surface area contributed by atoms with Gasteiger partial charge in [-0.2, -0.15) is 4.37 Å². The van der Waals surface area contributed by atoms with Crippen molar-refractivity contribution in [3.63, 3.8) is 0 Å². The lowest BCUT2D eigenvalue weighted by Crippen LogP contribution is -2.41. The van der Waals surface area contributed by atoms with Gasteiger partial charge in [-0.05, 0) is 19.3 Å². The van der Waals surface area contributed by atoms with Crippen LogP contribution in [0.4, 0.5) is 5.13 Å². The monoisotopic (exact) mass is 238 g/mol. The Hall–Kier alpha value is -1.17. The van der Waals surface area contributed by atoms with Crippen LogP contribution in [0.3, 0.4) is 0 Å². The van der Waals surface area contributed by atoms with E-state index in [1.165, 1.54) is 24.4 Å². The summed E-state index contributed by atoms with van der Waals surface area (Å²) in [5.74, 6) is 1.75. The minimum Gasteiger partial charge on any atom is -0.356 e. The molecule has 1 aliphatic carbocycles. The molecule has 3 rings (SSSR count). The fourth-order valence-corrected chi connectivity index (χ4v) is 2.56. The lowest BCUT2D eigenvalue weighted by molar-refractivity contribution is -0.122. The fourth-order valence-electron chi connectivity index (χ4n) is 1.83. The molecule has 1 aliphatic heterocycles. The standard InChI is InChI=1S/C10H14N4OS/c15-8-4-3-7(5-11-8)12-10-13-9(14-16-10)6-1-2-6/h6-7H,1-5H2,(H,11,15)(H,12,13,14). The Morgan fingerprint density at radius 3 is 2.94 bits per heavy atom. The highest BCUT2D eigenvalue weighted by molar-refractivity contribution is 7.09. The molecule has 1 atom stereocenters. The molecule has 2 N–H and O–H groups in total. The van der Waals surface area contributed by atoms with Gasteiger partial charge < -0.3 is 10.6 Å². The third-order valence-corrected chi connectivity index (χ3v) is 3.64. The predicted octanol–water partition coefficient (Wildman–Crippen LogP) is 1.11. The number of hydrogen-bond donors (Lipinski definition) is 2. The number of carbonyl (C=O) groups excluding carboxylic acids is 1. The van der Waals surface area contributed by atoms with Crippen molar-refractivity contribution in [1.29, 1.82) is 0 Å². The molecule has 6 heteroatoms. The first kappa shape index (κ1) is 10.0. The summed E-state index contributed by atoms with van der Waals surface area (Å²) in [6.07, 6.45) is 3.95. The molecule has 16 heavy (non-hydrogen) atoms. The molecule has 0 aromatic carbocycles. The fraction of sp³-hybridized carbons (Fsp3) is 0.700. The summed E-state index contributed by atoms with van der Waals surface area (Å²) in [5, 5.41) is 7.08. The maximum atomic E-state index is 11.0. The number of nitrogens with zero attached hydrogens (tertiary/aromatic N) is 2. The zero-order valence-corrected chi connectivity index (χ0v) is 9.72. The number of aromatic nitrogens is 2. The highest BCUT2D eigenvalue weighted by atomic mass is 32.1. The average Bonchev–Trinajstić information content (AvgIpc) is 3.04. The van der Waals surface area contributed by atoms with Crippen LogP contribution < -0.4 is 10.6 Å². The molecule has 1 aromatic heterocycles. The number of nitrogens with one attached hydrogen (secondary N) is 2. The van der Waals surface area contributed by atoms with Crippen LogP contribution in [0.2, 0.25) is 0 Å². The van der Waals surface area contributed by atoms with Crippen LogP contribution in [0.25, 0.3) is 0 Å². The molecule has 2 aliphatic rings. The van der Waals surface area contributed by atoms with Gasteiger partial charge in [-0.1, -0.05) is 0 Å². The van der Waals surface area contributed by atoms with E-state index in [2.05, 4.69) is 20.0 Å². The van der Waals surface area contributed by atoms with Crippen molar-refractivity contribution < 1.29 is 4.79 Å². The first-order valence-corrected chi connectivity index (χ1v) is 6.45. The Morgan fingerprint density at radius 1 is 1.38 bits per heavy atom. The van der Waals surface area contributed by atoms with Crippen LogP contribution in [0.5, 0.6) is 0 Å². The first-order valence-electron chi connectivity index (χ1n) is 5.68. The number of rotatable bonds is 3. The SMILES string of the molecule is O=C1CCC(Nc2nc(C3CC3)ns2)CN1. The zero-order chi connectivity index (χ0) is 11.0. The van der Waals surface area contributed by atoms with E-state index >= 15 is 0 Å². The molecular weight excluding hydrogens is 224 g/mol.